The van der Waals surface area contributed by atoms with Crippen molar-refractivity contribution in [1.82, 2.24) is 19.8 Å². The third-order valence-electron chi connectivity index (χ3n) is 9.30. The quantitative estimate of drug-likeness (QED) is 0.172. The molecule has 1 aromatic heterocycles. The van der Waals surface area contributed by atoms with Crippen molar-refractivity contribution in [2.24, 2.45) is 0 Å². The molecule has 1 N–H and O–H groups in total. The standard InChI is InChI=1S/C38H42FN7O2/c1-27-10-6-13-30-14-7-16-34(35(27)30)46-22-17-32-33(25-46)42-38(43-36(32)41-19-23-44(21-9-18-40)37(47)28(2)39)48-26-31-15-8-20-45(31)24-29-11-4-3-5-12-29/h3-7,10-14,16,31H,2,8-9,15,17,19-26H2,1H3,(H,41,42,43)/t31-/m0/s1. The number of benzene rings is 3. The van der Waals surface area contributed by atoms with Crippen LogP contribution >= 0.6 is 0 Å². The van der Waals surface area contributed by atoms with E-state index in [1.165, 1.54) is 32.5 Å². The first-order valence-electron chi connectivity index (χ1n) is 16.7. The SMILES string of the molecule is C=C(F)C(=O)N(CCC#N)CCNc1nc(OC[C@@H]2CCCN2Cc2ccccc2)nc2c1CCN(c1cccc3cccc(C)c13)C2. The third-order valence-corrected chi connectivity index (χ3v) is 9.30. The summed E-state index contributed by atoms with van der Waals surface area (Å²) in [5, 5.41) is 14.9. The van der Waals surface area contributed by atoms with Crippen LogP contribution in [0.25, 0.3) is 10.8 Å². The molecule has 0 aliphatic carbocycles. The van der Waals surface area contributed by atoms with E-state index in [1.54, 1.807) is 0 Å². The lowest BCUT2D eigenvalue weighted by atomic mass is 10.00. The molecule has 0 bridgehead atoms. The molecule has 10 heteroatoms. The first kappa shape index (κ1) is 32.9. The van der Waals surface area contributed by atoms with Crippen molar-refractivity contribution in [2.45, 2.75) is 51.7 Å². The average molecular weight is 648 g/mol. The highest BCUT2D eigenvalue weighted by atomic mass is 19.1. The summed E-state index contributed by atoms with van der Waals surface area (Å²) >= 11 is 0. The van der Waals surface area contributed by atoms with E-state index in [-0.39, 0.29) is 25.6 Å². The zero-order chi connectivity index (χ0) is 33.5. The maximum atomic E-state index is 13.7. The molecule has 3 aromatic carbocycles. The summed E-state index contributed by atoms with van der Waals surface area (Å²) in [6, 6.07) is 25.9. The number of anilines is 2. The fourth-order valence-corrected chi connectivity index (χ4v) is 6.85. The maximum Gasteiger partial charge on any atom is 0.318 e. The van der Waals surface area contributed by atoms with E-state index in [4.69, 9.17) is 20.0 Å². The van der Waals surface area contributed by atoms with Gasteiger partial charge in [0.25, 0.3) is 5.91 Å². The molecule has 1 atom stereocenters. The van der Waals surface area contributed by atoms with Crippen LogP contribution in [0.15, 0.2) is 79.1 Å². The zero-order valence-electron chi connectivity index (χ0n) is 27.5. The van der Waals surface area contributed by atoms with Crippen LogP contribution in [0.3, 0.4) is 0 Å². The molecule has 6 rings (SSSR count). The molecular weight excluding hydrogens is 605 g/mol. The molecule has 4 aromatic rings. The van der Waals surface area contributed by atoms with Crippen molar-refractivity contribution in [3.63, 3.8) is 0 Å². The van der Waals surface area contributed by atoms with Gasteiger partial charge < -0.3 is 19.9 Å². The number of aromatic nitrogens is 2. The molecule has 0 radical (unpaired) electrons. The number of ether oxygens (including phenoxy) is 1. The Labute approximate surface area is 281 Å². The largest absolute Gasteiger partial charge is 0.462 e. The van der Waals surface area contributed by atoms with Crippen LogP contribution in [-0.2, 0) is 24.3 Å². The summed E-state index contributed by atoms with van der Waals surface area (Å²) in [6.07, 6.45) is 2.98. The molecule has 1 amide bonds. The van der Waals surface area contributed by atoms with Crippen LogP contribution in [-0.4, -0.2) is 71.0 Å². The van der Waals surface area contributed by atoms with Gasteiger partial charge in [-0.1, -0.05) is 67.2 Å². The number of fused-ring (bicyclic) bond motifs is 2. The van der Waals surface area contributed by atoms with Gasteiger partial charge in [-0.15, -0.1) is 0 Å². The molecule has 0 saturated carbocycles. The Morgan fingerprint density at radius 1 is 1.10 bits per heavy atom. The normalized spacial score (nSPS) is 15.9. The number of nitrogens with zero attached hydrogens (tertiary/aromatic N) is 6. The van der Waals surface area contributed by atoms with Gasteiger partial charge in [-0.25, -0.2) is 4.39 Å². The summed E-state index contributed by atoms with van der Waals surface area (Å²) in [7, 11) is 0. The van der Waals surface area contributed by atoms with Crippen LogP contribution in [0.5, 0.6) is 6.01 Å². The van der Waals surface area contributed by atoms with Gasteiger partial charge in [-0.2, -0.15) is 15.2 Å². The second-order valence-electron chi connectivity index (χ2n) is 12.5. The first-order valence-corrected chi connectivity index (χ1v) is 16.7. The lowest BCUT2D eigenvalue weighted by Crippen LogP contribution is -2.37. The van der Waals surface area contributed by atoms with Crippen molar-refractivity contribution >= 4 is 28.2 Å². The molecule has 248 valence electrons. The van der Waals surface area contributed by atoms with Gasteiger partial charge in [0.2, 0.25) is 0 Å². The van der Waals surface area contributed by atoms with Crippen molar-refractivity contribution < 1.29 is 13.9 Å². The number of amides is 1. The predicted molar refractivity (Wildman–Crippen MR) is 186 cm³/mol. The Hall–Kier alpha value is -5.01. The van der Waals surface area contributed by atoms with Gasteiger partial charge in [-0.3, -0.25) is 9.69 Å². The fraction of sp³-hybridized carbons (Fsp3) is 0.368. The smallest absolute Gasteiger partial charge is 0.318 e. The monoisotopic (exact) mass is 647 g/mol. The Kier molecular flexibility index (Phi) is 10.5. The molecule has 9 nitrogen and oxygen atoms in total. The second-order valence-corrected chi connectivity index (χ2v) is 12.5. The number of likely N-dealkylation sites (tertiary alicyclic amines) is 1. The highest BCUT2D eigenvalue weighted by Crippen LogP contribution is 2.34. The third kappa shape index (κ3) is 7.58. The molecule has 2 aliphatic heterocycles. The van der Waals surface area contributed by atoms with Crippen LogP contribution < -0.4 is 15.0 Å². The molecule has 48 heavy (non-hydrogen) atoms. The molecular formula is C38H42FN7O2. The van der Waals surface area contributed by atoms with Crippen LogP contribution in [0.2, 0.25) is 0 Å². The van der Waals surface area contributed by atoms with Crippen LogP contribution in [0.4, 0.5) is 15.9 Å². The van der Waals surface area contributed by atoms with Crippen molar-refractivity contribution in [3.8, 4) is 12.1 Å². The van der Waals surface area contributed by atoms with Gasteiger partial charge >= 0.3 is 6.01 Å². The van der Waals surface area contributed by atoms with Gasteiger partial charge in [-0.05, 0) is 55.3 Å². The zero-order valence-corrected chi connectivity index (χ0v) is 27.5. The highest BCUT2D eigenvalue weighted by Gasteiger charge is 2.28. The van der Waals surface area contributed by atoms with E-state index in [1.807, 2.05) is 12.1 Å². The number of nitrogens with one attached hydrogen (secondary N) is 1. The highest BCUT2D eigenvalue weighted by molar-refractivity contribution is 5.97. The molecule has 3 heterocycles. The minimum atomic E-state index is -1.04. The van der Waals surface area contributed by atoms with Crippen molar-refractivity contribution in [1.29, 1.82) is 5.26 Å². The number of carbonyl (C=O) groups is 1. The van der Waals surface area contributed by atoms with Crippen LogP contribution in [0.1, 0.15) is 41.6 Å². The number of hydrogen-bond donors (Lipinski definition) is 1. The minimum absolute atomic E-state index is 0.103. The van der Waals surface area contributed by atoms with E-state index in [0.29, 0.717) is 37.9 Å². The molecule has 0 unspecified atom stereocenters. The summed E-state index contributed by atoms with van der Waals surface area (Å²) in [6.45, 7) is 9.67. The van der Waals surface area contributed by atoms with Gasteiger partial charge in [0.05, 0.1) is 24.7 Å². The Morgan fingerprint density at radius 3 is 2.71 bits per heavy atom. The second kappa shape index (κ2) is 15.3. The number of aryl methyl sites for hydroxylation is 1. The molecule has 1 saturated heterocycles. The Bertz CT molecular complexity index is 1800. The van der Waals surface area contributed by atoms with E-state index in [2.05, 4.69) is 89.3 Å². The maximum absolute atomic E-state index is 13.7. The fourth-order valence-electron chi connectivity index (χ4n) is 6.85. The Morgan fingerprint density at radius 2 is 1.92 bits per heavy atom. The number of halogens is 1. The lowest BCUT2D eigenvalue weighted by molar-refractivity contribution is -0.128. The topological polar surface area (TPSA) is 97.6 Å². The summed E-state index contributed by atoms with van der Waals surface area (Å²) in [5.74, 6) is -1.19. The number of rotatable bonds is 13. The van der Waals surface area contributed by atoms with Crippen LogP contribution in [0, 0.1) is 18.3 Å². The summed E-state index contributed by atoms with van der Waals surface area (Å²) in [5.41, 5.74) is 5.58. The number of carbonyl (C=O) groups excluding carboxylic acids is 1. The Balaban J connectivity index is 1.23. The molecule has 2 aliphatic rings. The van der Waals surface area contributed by atoms with Crippen molar-refractivity contribution in [3.05, 3.63) is 102 Å². The molecule has 1 fully saturated rings. The van der Waals surface area contributed by atoms with Gasteiger partial charge in [0, 0.05) is 55.4 Å². The lowest BCUT2D eigenvalue weighted by Gasteiger charge is -2.32. The number of hydrogen-bond acceptors (Lipinski definition) is 8. The van der Waals surface area contributed by atoms with Gasteiger partial charge in [0.1, 0.15) is 12.4 Å². The average Bonchev–Trinajstić information content (AvgIpc) is 3.55. The first-order chi connectivity index (χ1) is 23.4. The number of nitriles is 1. The van der Waals surface area contributed by atoms with E-state index < -0.39 is 11.7 Å². The predicted octanol–water partition coefficient (Wildman–Crippen LogP) is 6.18. The minimum Gasteiger partial charge on any atom is -0.462 e. The van der Waals surface area contributed by atoms with Crippen molar-refractivity contribution in [2.75, 3.05) is 49.5 Å². The molecule has 0 spiro atoms. The summed E-state index contributed by atoms with van der Waals surface area (Å²) in [4.78, 5) is 28.3. The van der Waals surface area contributed by atoms with E-state index >= 15 is 0 Å². The van der Waals surface area contributed by atoms with Gasteiger partial charge in [0.15, 0.2) is 5.83 Å². The van der Waals surface area contributed by atoms with E-state index in [9.17, 15) is 9.18 Å². The summed E-state index contributed by atoms with van der Waals surface area (Å²) < 4.78 is 20.1. The van der Waals surface area contributed by atoms with E-state index in [0.717, 1.165) is 43.7 Å².